The third kappa shape index (κ3) is 5.10. The molecule has 0 aliphatic rings. The molecule has 1 unspecified atom stereocenters. The number of sulfone groups is 1. The summed E-state index contributed by atoms with van der Waals surface area (Å²) in [6.45, 7) is 5.43. The first-order valence-corrected chi connectivity index (χ1v) is 11.9. The number of pyridine rings is 1. The lowest BCUT2D eigenvalue weighted by Gasteiger charge is -2.25. The van der Waals surface area contributed by atoms with Gasteiger partial charge in [-0.05, 0) is 30.5 Å². The van der Waals surface area contributed by atoms with Crippen molar-refractivity contribution in [2.75, 3.05) is 6.26 Å². The zero-order valence-corrected chi connectivity index (χ0v) is 19.1. The molecule has 0 saturated heterocycles. The van der Waals surface area contributed by atoms with Gasteiger partial charge < -0.3 is 4.57 Å². The van der Waals surface area contributed by atoms with E-state index >= 15 is 0 Å². The fourth-order valence-corrected chi connectivity index (χ4v) is 4.12. The van der Waals surface area contributed by atoms with Crippen LogP contribution in [-0.4, -0.2) is 50.1 Å². The molecule has 1 atom stereocenters. The first-order valence-electron chi connectivity index (χ1n) is 10.1. The number of aryl methyl sites for hydroxylation is 1. The molecule has 2 N–H and O–H groups in total. The molecule has 2 aromatic heterocycles. The van der Waals surface area contributed by atoms with E-state index in [0.717, 1.165) is 23.1 Å². The predicted octanol–water partition coefficient (Wildman–Crippen LogP) is 1.66. The van der Waals surface area contributed by atoms with Crippen LogP contribution in [0.3, 0.4) is 0 Å². The number of nitrogens with one attached hydrogen (secondary N) is 1. The fourth-order valence-electron chi connectivity index (χ4n) is 3.28. The molecule has 0 radical (unpaired) electrons. The van der Waals surface area contributed by atoms with E-state index < -0.39 is 20.5 Å². The van der Waals surface area contributed by atoms with Crippen LogP contribution in [0, 0.1) is 0 Å². The van der Waals surface area contributed by atoms with Crippen molar-refractivity contribution in [3.63, 3.8) is 0 Å². The summed E-state index contributed by atoms with van der Waals surface area (Å²) in [6.07, 6.45) is 5.83. The second-order valence-corrected chi connectivity index (χ2v) is 10.3. The number of allylic oxidation sites excluding steroid dienone is 1. The van der Waals surface area contributed by atoms with Crippen molar-refractivity contribution >= 4 is 15.7 Å². The second kappa shape index (κ2) is 9.51. The largest absolute Gasteiger partial charge is 0.315 e. The van der Waals surface area contributed by atoms with Crippen LogP contribution in [-0.2, 0) is 27.7 Å². The van der Waals surface area contributed by atoms with Gasteiger partial charge in [0.1, 0.15) is 5.69 Å². The molecule has 1 amide bonds. The molecule has 0 fully saturated rings. The lowest BCUT2D eigenvalue weighted by Crippen LogP contribution is -2.49. The molecule has 174 valence electrons. The molecule has 33 heavy (non-hydrogen) atoms. The van der Waals surface area contributed by atoms with Gasteiger partial charge in [0.25, 0.3) is 11.5 Å². The second-order valence-electron chi connectivity index (χ2n) is 7.83. The third-order valence-electron chi connectivity index (χ3n) is 5.59. The van der Waals surface area contributed by atoms with Crippen molar-refractivity contribution in [3.8, 4) is 22.4 Å². The van der Waals surface area contributed by atoms with Gasteiger partial charge >= 0.3 is 0 Å². The first-order chi connectivity index (χ1) is 15.6. The van der Waals surface area contributed by atoms with E-state index in [4.69, 9.17) is 5.21 Å². The highest BCUT2D eigenvalue weighted by molar-refractivity contribution is 7.92. The Hall–Kier alpha value is -3.57. The minimum absolute atomic E-state index is 0.0184. The minimum atomic E-state index is -3.84. The summed E-state index contributed by atoms with van der Waals surface area (Å²) in [6, 6.07) is 10.7. The molecule has 3 aromatic rings. The van der Waals surface area contributed by atoms with Gasteiger partial charge in [-0.25, -0.2) is 18.6 Å². The smallest absolute Gasteiger partial charge is 0.264 e. The standard InChI is InChI=1S/C22H25N5O5S/c1-4-11-27-15-19(23-25-27)17-7-5-16(6-8-17)18-9-12-26(20(28)14-18)13-10-22(2,21(29)24-30)33(3,31)32/h4-9,12,14-15,30H,1,10-11,13H2,2-3H3,(H,24,29). The number of carbonyl (C=O) groups is 1. The number of hydrogen-bond donors (Lipinski definition) is 2. The van der Waals surface area contributed by atoms with Gasteiger partial charge in [-0.3, -0.25) is 14.8 Å². The van der Waals surface area contributed by atoms with Gasteiger partial charge in [-0.15, -0.1) is 11.7 Å². The van der Waals surface area contributed by atoms with Crippen molar-refractivity contribution < 1.29 is 18.4 Å². The van der Waals surface area contributed by atoms with Gasteiger partial charge in [-0.2, -0.15) is 0 Å². The van der Waals surface area contributed by atoms with Crippen LogP contribution in [0.25, 0.3) is 22.4 Å². The van der Waals surface area contributed by atoms with E-state index in [2.05, 4.69) is 16.9 Å². The molecule has 11 heteroatoms. The number of carbonyl (C=O) groups excluding carboxylic acids is 1. The summed E-state index contributed by atoms with van der Waals surface area (Å²) >= 11 is 0. The highest BCUT2D eigenvalue weighted by atomic mass is 32.2. The number of hydroxylamine groups is 1. The van der Waals surface area contributed by atoms with Crippen LogP contribution in [0.4, 0.5) is 0 Å². The Balaban J connectivity index is 1.78. The van der Waals surface area contributed by atoms with Crippen LogP contribution in [0.1, 0.15) is 13.3 Å². The first kappa shape index (κ1) is 24.1. The fraction of sp³-hybridized carbons (Fsp3) is 0.273. The van der Waals surface area contributed by atoms with Crippen molar-refractivity contribution in [2.45, 2.75) is 31.2 Å². The maximum absolute atomic E-state index is 12.6. The Morgan fingerprint density at radius 1 is 1.21 bits per heavy atom. The summed E-state index contributed by atoms with van der Waals surface area (Å²) < 4.78 is 25.3. The number of benzene rings is 1. The Morgan fingerprint density at radius 2 is 1.88 bits per heavy atom. The summed E-state index contributed by atoms with van der Waals surface area (Å²) in [7, 11) is -3.84. The van der Waals surface area contributed by atoms with Crippen LogP contribution in [0.15, 0.2) is 66.2 Å². The molecule has 0 saturated carbocycles. The van der Waals surface area contributed by atoms with Crippen LogP contribution in [0.5, 0.6) is 0 Å². The van der Waals surface area contributed by atoms with Crippen molar-refractivity contribution in [3.05, 3.63) is 71.8 Å². The lowest BCUT2D eigenvalue weighted by molar-refractivity contribution is -0.131. The summed E-state index contributed by atoms with van der Waals surface area (Å²) in [5.74, 6) is -1.04. The van der Waals surface area contributed by atoms with E-state index in [1.54, 1.807) is 23.0 Å². The maximum Gasteiger partial charge on any atom is 0.264 e. The number of nitrogens with zero attached hydrogens (tertiary/aromatic N) is 4. The van der Waals surface area contributed by atoms with Gasteiger partial charge in [0.2, 0.25) is 0 Å². The predicted molar refractivity (Wildman–Crippen MR) is 123 cm³/mol. The molecule has 0 aliphatic heterocycles. The van der Waals surface area contributed by atoms with Gasteiger partial charge in [-0.1, -0.05) is 35.6 Å². The zero-order valence-electron chi connectivity index (χ0n) is 18.3. The normalized spacial score (nSPS) is 13.3. The van der Waals surface area contributed by atoms with E-state index in [0.29, 0.717) is 12.1 Å². The summed E-state index contributed by atoms with van der Waals surface area (Å²) in [4.78, 5) is 24.6. The van der Waals surface area contributed by atoms with Crippen LogP contribution >= 0.6 is 0 Å². The van der Waals surface area contributed by atoms with Crippen LogP contribution in [0.2, 0.25) is 0 Å². The van der Waals surface area contributed by atoms with Gasteiger partial charge in [0.15, 0.2) is 14.6 Å². The molecule has 0 bridgehead atoms. The summed E-state index contributed by atoms with van der Waals surface area (Å²) in [5, 5.41) is 17.1. The van der Waals surface area contributed by atoms with E-state index in [1.165, 1.54) is 23.0 Å². The molecule has 10 nitrogen and oxygen atoms in total. The van der Waals surface area contributed by atoms with Gasteiger partial charge in [0.05, 0.1) is 12.7 Å². The highest BCUT2D eigenvalue weighted by Crippen LogP contribution is 2.24. The SMILES string of the molecule is C=CCn1cc(-c2ccc(-c3ccn(CCC(C)(C(=O)NO)S(C)(=O)=O)c(=O)c3)cc2)nn1. The van der Waals surface area contributed by atoms with E-state index in [-0.39, 0.29) is 18.5 Å². The molecule has 1 aromatic carbocycles. The molecular weight excluding hydrogens is 446 g/mol. The van der Waals surface area contributed by atoms with Crippen molar-refractivity contribution in [1.82, 2.24) is 25.0 Å². The monoisotopic (exact) mass is 471 g/mol. The molecule has 0 spiro atoms. The average Bonchev–Trinajstić information content (AvgIpc) is 3.25. The molecule has 3 rings (SSSR count). The number of rotatable bonds is 9. The highest BCUT2D eigenvalue weighted by Gasteiger charge is 2.43. The Morgan fingerprint density at radius 3 is 2.45 bits per heavy atom. The lowest BCUT2D eigenvalue weighted by atomic mass is 10.0. The Kier molecular flexibility index (Phi) is 6.94. The zero-order chi connectivity index (χ0) is 24.2. The Bertz CT molecular complexity index is 1330. The van der Waals surface area contributed by atoms with E-state index in [1.807, 2.05) is 30.5 Å². The average molecular weight is 472 g/mol. The molecular formula is C22H25N5O5S. The van der Waals surface area contributed by atoms with Crippen molar-refractivity contribution in [1.29, 1.82) is 0 Å². The summed E-state index contributed by atoms with van der Waals surface area (Å²) in [5.41, 5.74) is 4.17. The van der Waals surface area contributed by atoms with Gasteiger partial charge in [0, 0.05) is 30.6 Å². The molecule has 2 heterocycles. The number of hydrogen-bond acceptors (Lipinski definition) is 7. The number of amides is 1. The molecule has 0 aliphatic carbocycles. The maximum atomic E-state index is 12.6. The quantitative estimate of drug-likeness (QED) is 0.275. The van der Waals surface area contributed by atoms with Crippen molar-refractivity contribution in [2.24, 2.45) is 0 Å². The van der Waals surface area contributed by atoms with Crippen LogP contribution < -0.4 is 11.0 Å². The number of aromatic nitrogens is 4. The van der Waals surface area contributed by atoms with E-state index in [9.17, 15) is 18.0 Å². The topological polar surface area (TPSA) is 136 Å². The minimum Gasteiger partial charge on any atom is -0.315 e. The third-order valence-corrected chi connectivity index (χ3v) is 7.62. The Labute approximate surface area is 191 Å².